The van der Waals surface area contributed by atoms with Gasteiger partial charge in [0.05, 0.1) is 0 Å². The fraction of sp³-hybridized carbons (Fsp3) is 0.400. The zero-order valence-corrected chi connectivity index (χ0v) is 12.3. The number of nitrogens with zero attached hydrogens (tertiary/aromatic N) is 3. The van der Waals surface area contributed by atoms with Crippen LogP contribution >= 0.6 is 0 Å². The van der Waals surface area contributed by atoms with Gasteiger partial charge in [0.1, 0.15) is 0 Å². The van der Waals surface area contributed by atoms with Gasteiger partial charge >= 0.3 is 0 Å². The summed E-state index contributed by atoms with van der Waals surface area (Å²) in [7, 11) is 1.88. The second-order valence-electron chi connectivity index (χ2n) is 5.05. The number of carbonyl (C=O) groups is 1. The number of anilines is 1. The standard InChI is InChI=1S/C15H20N4O/c1-5-13-17-14(19(4)18-13)11-6-8-12(9-7-11)16-15(20)10(2)3/h6-10H,5H2,1-4H3,(H,16,20). The molecule has 0 atom stereocenters. The van der Waals surface area contributed by atoms with Crippen LogP contribution in [0.1, 0.15) is 26.6 Å². The van der Waals surface area contributed by atoms with Gasteiger partial charge in [0.15, 0.2) is 11.6 Å². The second-order valence-corrected chi connectivity index (χ2v) is 5.05. The first-order valence-electron chi connectivity index (χ1n) is 6.82. The SMILES string of the molecule is CCc1nc(-c2ccc(NC(=O)C(C)C)cc2)n(C)n1. The van der Waals surface area contributed by atoms with Crippen molar-refractivity contribution in [1.29, 1.82) is 0 Å². The smallest absolute Gasteiger partial charge is 0.226 e. The fourth-order valence-electron chi connectivity index (χ4n) is 1.83. The van der Waals surface area contributed by atoms with E-state index < -0.39 is 0 Å². The molecule has 0 saturated carbocycles. The number of aryl methyl sites for hydroxylation is 2. The highest BCUT2D eigenvalue weighted by molar-refractivity contribution is 5.92. The van der Waals surface area contributed by atoms with Gasteiger partial charge in [-0.3, -0.25) is 4.79 Å². The van der Waals surface area contributed by atoms with E-state index in [9.17, 15) is 4.79 Å². The molecule has 0 aliphatic carbocycles. The van der Waals surface area contributed by atoms with Crippen LogP contribution in [0.4, 0.5) is 5.69 Å². The summed E-state index contributed by atoms with van der Waals surface area (Å²) in [4.78, 5) is 16.1. The minimum atomic E-state index is -0.0273. The molecule has 5 nitrogen and oxygen atoms in total. The third-order valence-electron chi connectivity index (χ3n) is 3.06. The molecular weight excluding hydrogens is 252 g/mol. The van der Waals surface area contributed by atoms with E-state index in [2.05, 4.69) is 15.4 Å². The molecule has 1 amide bonds. The van der Waals surface area contributed by atoms with Crippen LogP contribution in [0.2, 0.25) is 0 Å². The van der Waals surface area contributed by atoms with Crippen molar-refractivity contribution in [3.63, 3.8) is 0 Å². The first kappa shape index (κ1) is 14.2. The topological polar surface area (TPSA) is 59.8 Å². The van der Waals surface area contributed by atoms with Crippen LogP contribution in [-0.4, -0.2) is 20.7 Å². The summed E-state index contributed by atoms with van der Waals surface area (Å²) in [6, 6.07) is 7.66. The lowest BCUT2D eigenvalue weighted by Crippen LogP contribution is -2.17. The number of benzene rings is 1. The molecular formula is C15H20N4O. The number of rotatable bonds is 4. The van der Waals surface area contributed by atoms with Gasteiger partial charge in [-0.05, 0) is 24.3 Å². The first-order valence-corrected chi connectivity index (χ1v) is 6.82. The molecule has 0 fully saturated rings. The zero-order valence-electron chi connectivity index (χ0n) is 12.3. The minimum Gasteiger partial charge on any atom is -0.326 e. The van der Waals surface area contributed by atoms with Crippen LogP contribution in [0.5, 0.6) is 0 Å². The Morgan fingerprint density at radius 1 is 1.30 bits per heavy atom. The molecule has 0 aliphatic heterocycles. The van der Waals surface area contributed by atoms with Gasteiger partial charge in [0.2, 0.25) is 5.91 Å². The molecule has 1 aromatic heterocycles. The summed E-state index contributed by atoms with van der Waals surface area (Å²) in [5, 5.41) is 7.20. The fourth-order valence-corrected chi connectivity index (χ4v) is 1.83. The summed E-state index contributed by atoms with van der Waals surface area (Å²) < 4.78 is 1.78. The Hall–Kier alpha value is -2.17. The van der Waals surface area contributed by atoms with E-state index in [0.29, 0.717) is 0 Å². The Labute approximate surface area is 119 Å². The zero-order chi connectivity index (χ0) is 14.7. The van der Waals surface area contributed by atoms with Gasteiger partial charge in [-0.2, -0.15) is 5.10 Å². The molecule has 1 aromatic carbocycles. The van der Waals surface area contributed by atoms with Crippen LogP contribution in [0, 0.1) is 5.92 Å². The number of nitrogens with one attached hydrogen (secondary N) is 1. The molecule has 0 unspecified atom stereocenters. The lowest BCUT2D eigenvalue weighted by molar-refractivity contribution is -0.118. The highest BCUT2D eigenvalue weighted by atomic mass is 16.1. The third kappa shape index (κ3) is 3.04. The van der Waals surface area contributed by atoms with Crippen LogP contribution in [0.15, 0.2) is 24.3 Å². The number of hydrogen-bond acceptors (Lipinski definition) is 3. The molecule has 20 heavy (non-hydrogen) atoms. The van der Waals surface area contributed by atoms with Crippen LogP contribution < -0.4 is 5.32 Å². The Morgan fingerprint density at radius 2 is 1.95 bits per heavy atom. The first-order chi connectivity index (χ1) is 9.51. The monoisotopic (exact) mass is 272 g/mol. The Kier molecular flexibility index (Phi) is 4.17. The highest BCUT2D eigenvalue weighted by Crippen LogP contribution is 2.20. The number of aromatic nitrogens is 3. The molecule has 0 spiro atoms. The number of hydrogen-bond donors (Lipinski definition) is 1. The average molecular weight is 272 g/mol. The van der Waals surface area contributed by atoms with Crippen molar-refractivity contribution in [3.8, 4) is 11.4 Å². The van der Waals surface area contributed by atoms with Gasteiger partial charge in [-0.15, -0.1) is 0 Å². The Bertz CT molecular complexity index is 599. The summed E-state index contributed by atoms with van der Waals surface area (Å²) in [6.45, 7) is 5.77. The van der Waals surface area contributed by atoms with E-state index in [1.807, 2.05) is 52.1 Å². The molecule has 1 N–H and O–H groups in total. The van der Waals surface area contributed by atoms with Crippen LogP contribution in [-0.2, 0) is 18.3 Å². The van der Waals surface area contributed by atoms with Crippen molar-refractivity contribution < 1.29 is 4.79 Å². The van der Waals surface area contributed by atoms with E-state index >= 15 is 0 Å². The second kappa shape index (κ2) is 5.86. The molecule has 0 bridgehead atoms. The highest BCUT2D eigenvalue weighted by Gasteiger charge is 2.10. The Morgan fingerprint density at radius 3 is 2.45 bits per heavy atom. The van der Waals surface area contributed by atoms with Crippen molar-refractivity contribution in [1.82, 2.24) is 14.8 Å². The average Bonchev–Trinajstić information content (AvgIpc) is 2.81. The van der Waals surface area contributed by atoms with Gasteiger partial charge in [0, 0.05) is 30.6 Å². The Balaban J connectivity index is 2.19. The number of carbonyl (C=O) groups excluding carboxylic acids is 1. The molecule has 2 rings (SSSR count). The van der Waals surface area contributed by atoms with Crippen LogP contribution in [0.25, 0.3) is 11.4 Å². The molecule has 5 heteroatoms. The van der Waals surface area contributed by atoms with Gasteiger partial charge < -0.3 is 5.32 Å². The molecule has 0 radical (unpaired) electrons. The summed E-state index contributed by atoms with van der Waals surface area (Å²) in [5.74, 6) is 1.66. The molecule has 0 aliphatic rings. The van der Waals surface area contributed by atoms with Crippen molar-refractivity contribution in [2.75, 3.05) is 5.32 Å². The predicted molar refractivity (Wildman–Crippen MR) is 79.3 cm³/mol. The molecule has 2 aromatic rings. The van der Waals surface area contributed by atoms with Gasteiger partial charge in [-0.25, -0.2) is 9.67 Å². The normalized spacial score (nSPS) is 10.8. The molecule has 0 saturated heterocycles. The maximum atomic E-state index is 11.6. The van der Waals surface area contributed by atoms with Crippen molar-refractivity contribution in [3.05, 3.63) is 30.1 Å². The van der Waals surface area contributed by atoms with Crippen molar-refractivity contribution in [2.45, 2.75) is 27.2 Å². The van der Waals surface area contributed by atoms with Crippen molar-refractivity contribution in [2.24, 2.45) is 13.0 Å². The van der Waals surface area contributed by atoms with Crippen LogP contribution in [0.3, 0.4) is 0 Å². The van der Waals surface area contributed by atoms with Gasteiger partial charge in [-0.1, -0.05) is 20.8 Å². The quantitative estimate of drug-likeness (QED) is 0.930. The summed E-state index contributed by atoms with van der Waals surface area (Å²) in [5.41, 5.74) is 1.78. The molecule has 106 valence electrons. The number of amides is 1. The third-order valence-corrected chi connectivity index (χ3v) is 3.06. The lowest BCUT2D eigenvalue weighted by Gasteiger charge is -2.08. The largest absolute Gasteiger partial charge is 0.326 e. The van der Waals surface area contributed by atoms with E-state index in [0.717, 1.165) is 29.3 Å². The van der Waals surface area contributed by atoms with Gasteiger partial charge in [0.25, 0.3) is 0 Å². The maximum Gasteiger partial charge on any atom is 0.226 e. The minimum absolute atomic E-state index is 0.0182. The summed E-state index contributed by atoms with van der Waals surface area (Å²) >= 11 is 0. The predicted octanol–water partition coefficient (Wildman–Crippen LogP) is 2.64. The lowest BCUT2D eigenvalue weighted by atomic mass is 10.1. The molecule has 1 heterocycles. The maximum absolute atomic E-state index is 11.6. The van der Waals surface area contributed by atoms with E-state index in [1.54, 1.807) is 4.68 Å². The van der Waals surface area contributed by atoms with E-state index in [4.69, 9.17) is 0 Å². The van der Waals surface area contributed by atoms with E-state index in [-0.39, 0.29) is 11.8 Å². The van der Waals surface area contributed by atoms with Crippen molar-refractivity contribution >= 4 is 11.6 Å². The summed E-state index contributed by atoms with van der Waals surface area (Å²) in [6.07, 6.45) is 0.816. The van der Waals surface area contributed by atoms with E-state index in [1.165, 1.54) is 0 Å².